The molecule has 17 heavy (non-hydrogen) atoms. The average molecular weight is 236 g/mol. The van der Waals surface area contributed by atoms with Crippen molar-refractivity contribution in [1.82, 2.24) is 0 Å². The number of rotatable bonds is 5. The van der Waals surface area contributed by atoms with Crippen molar-refractivity contribution in [1.29, 1.82) is 0 Å². The zero-order valence-electron chi connectivity index (χ0n) is 10.7. The van der Waals surface area contributed by atoms with Crippen LogP contribution in [0.4, 0.5) is 0 Å². The first-order valence-corrected chi connectivity index (χ1v) is 7.16. The van der Waals surface area contributed by atoms with Gasteiger partial charge < -0.3 is 5.11 Å². The topological polar surface area (TPSA) is 37.3 Å². The number of carboxylic acid groups (broad SMARTS) is 1. The van der Waals surface area contributed by atoms with Crippen molar-refractivity contribution in [3.63, 3.8) is 0 Å². The molecule has 0 saturated heterocycles. The van der Waals surface area contributed by atoms with Crippen molar-refractivity contribution in [2.24, 2.45) is 11.8 Å². The van der Waals surface area contributed by atoms with Gasteiger partial charge in [-0.15, -0.1) is 0 Å². The van der Waals surface area contributed by atoms with Crippen molar-refractivity contribution in [3.05, 3.63) is 11.6 Å². The van der Waals surface area contributed by atoms with Gasteiger partial charge in [-0.2, -0.15) is 0 Å². The Morgan fingerprint density at radius 1 is 0.941 bits per heavy atom. The highest BCUT2D eigenvalue weighted by molar-refractivity contribution is 5.80. The van der Waals surface area contributed by atoms with Gasteiger partial charge in [-0.3, -0.25) is 0 Å². The van der Waals surface area contributed by atoms with E-state index in [2.05, 4.69) is 0 Å². The molecule has 0 amide bonds. The van der Waals surface area contributed by atoms with E-state index in [-0.39, 0.29) is 0 Å². The highest BCUT2D eigenvalue weighted by atomic mass is 16.4. The van der Waals surface area contributed by atoms with Crippen molar-refractivity contribution in [2.75, 3.05) is 0 Å². The van der Waals surface area contributed by atoms with E-state index in [0.717, 1.165) is 24.7 Å². The van der Waals surface area contributed by atoms with Gasteiger partial charge >= 0.3 is 5.97 Å². The Hall–Kier alpha value is -0.790. The average Bonchev–Trinajstić information content (AvgIpc) is 2.89. The van der Waals surface area contributed by atoms with Gasteiger partial charge in [0.1, 0.15) is 0 Å². The Bertz CT molecular complexity index is 261. The van der Waals surface area contributed by atoms with Crippen LogP contribution in [-0.2, 0) is 4.79 Å². The fourth-order valence-electron chi connectivity index (χ4n) is 3.55. The third-order valence-electron chi connectivity index (χ3n) is 4.38. The molecule has 1 N–H and O–H groups in total. The Labute approximate surface area is 104 Å². The molecular weight excluding hydrogens is 212 g/mol. The van der Waals surface area contributed by atoms with E-state index in [4.69, 9.17) is 5.11 Å². The normalized spacial score (nSPS) is 21.9. The summed E-state index contributed by atoms with van der Waals surface area (Å²) in [7, 11) is 0. The molecule has 0 heterocycles. The number of aliphatic carboxylic acids is 1. The van der Waals surface area contributed by atoms with Crippen LogP contribution >= 0.6 is 0 Å². The van der Waals surface area contributed by atoms with Gasteiger partial charge in [-0.05, 0) is 24.7 Å². The van der Waals surface area contributed by atoms with Gasteiger partial charge in [0.25, 0.3) is 0 Å². The maximum Gasteiger partial charge on any atom is 0.328 e. The molecular formula is C15H24O2. The molecule has 0 spiro atoms. The van der Waals surface area contributed by atoms with Crippen LogP contribution in [0.1, 0.15) is 64.2 Å². The summed E-state index contributed by atoms with van der Waals surface area (Å²) in [6.45, 7) is 0. The predicted octanol–water partition coefficient (Wildman–Crippen LogP) is 4.16. The minimum Gasteiger partial charge on any atom is -0.478 e. The third kappa shape index (κ3) is 4.18. The van der Waals surface area contributed by atoms with Crippen LogP contribution in [0.25, 0.3) is 0 Å². The lowest BCUT2D eigenvalue weighted by Crippen LogP contribution is -2.04. The Kier molecular flexibility index (Phi) is 4.64. The van der Waals surface area contributed by atoms with Crippen LogP contribution in [0.15, 0.2) is 11.6 Å². The lowest BCUT2D eigenvalue weighted by atomic mass is 9.90. The zero-order chi connectivity index (χ0) is 12.1. The molecule has 2 saturated carbocycles. The molecule has 96 valence electrons. The minimum absolute atomic E-state index is 0.754. The van der Waals surface area contributed by atoms with Gasteiger partial charge in [0.2, 0.25) is 0 Å². The molecule has 2 rings (SSSR count). The van der Waals surface area contributed by atoms with E-state index in [1.807, 2.05) is 0 Å². The first kappa shape index (κ1) is 12.7. The lowest BCUT2D eigenvalue weighted by Gasteiger charge is -2.16. The molecule has 0 aliphatic heterocycles. The third-order valence-corrected chi connectivity index (χ3v) is 4.38. The van der Waals surface area contributed by atoms with E-state index >= 15 is 0 Å². The Balaban J connectivity index is 1.89. The number of hydrogen-bond donors (Lipinski definition) is 1. The lowest BCUT2D eigenvalue weighted by molar-refractivity contribution is -0.131. The van der Waals surface area contributed by atoms with Gasteiger partial charge in [0, 0.05) is 6.08 Å². The fraction of sp³-hybridized carbons (Fsp3) is 0.800. The number of hydrogen-bond acceptors (Lipinski definition) is 1. The molecule has 0 aromatic rings. The smallest absolute Gasteiger partial charge is 0.328 e. The molecule has 2 heteroatoms. The molecule has 0 aromatic carbocycles. The number of carbonyl (C=O) groups is 1. The largest absolute Gasteiger partial charge is 0.478 e. The number of allylic oxidation sites excluding steroid dienone is 1. The summed E-state index contributed by atoms with van der Waals surface area (Å²) in [5.74, 6) is 0.778. The van der Waals surface area contributed by atoms with Gasteiger partial charge in [0.15, 0.2) is 0 Å². The van der Waals surface area contributed by atoms with Gasteiger partial charge in [-0.1, -0.05) is 56.9 Å². The van der Waals surface area contributed by atoms with Crippen LogP contribution in [0.2, 0.25) is 0 Å². The van der Waals surface area contributed by atoms with Gasteiger partial charge in [0.05, 0.1) is 0 Å². The van der Waals surface area contributed by atoms with E-state index in [9.17, 15) is 4.79 Å². The maximum absolute atomic E-state index is 10.9. The predicted molar refractivity (Wildman–Crippen MR) is 68.9 cm³/mol. The SMILES string of the molecule is O=C(O)C=C(CC1CCCC1)CC1CCCC1. The minimum atomic E-state index is -0.754. The fourth-order valence-corrected chi connectivity index (χ4v) is 3.55. The molecule has 2 fully saturated rings. The monoisotopic (exact) mass is 236 g/mol. The summed E-state index contributed by atoms with van der Waals surface area (Å²) in [6.07, 6.45) is 14.2. The number of carboxylic acids is 1. The molecule has 2 nitrogen and oxygen atoms in total. The van der Waals surface area contributed by atoms with Crippen molar-refractivity contribution < 1.29 is 9.90 Å². The summed E-state index contributed by atoms with van der Waals surface area (Å²) < 4.78 is 0. The Morgan fingerprint density at radius 3 is 1.71 bits per heavy atom. The van der Waals surface area contributed by atoms with Crippen LogP contribution in [0.3, 0.4) is 0 Å². The molecule has 0 unspecified atom stereocenters. The van der Waals surface area contributed by atoms with Crippen molar-refractivity contribution >= 4 is 5.97 Å². The van der Waals surface area contributed by atoms with Crippen molar-refractivity contribution in [2.45, 2.75) is 64.2 Å². The van der Waals surface area contributed by atoms with Crippen LogP contribution in [-0.4, -0.2) is 11.1 Å². The molecule has 0 aromatic heterocycles. The highest BCUT2D eigenvalue weighted by Gasteiger charge is 2.21. The first-order valence-electron chi connectivity index (χ1n) is 7.16. The van der Waals surface area contributed by atoms with Crippen molar-refractivity contribution in [3.8, 4) is 0 Å². The van der Waals surface area contributed by atoms with Crippen LogP contribution in [0, 0.1) is 11.8 Å². The Morgan fingerprint density at radius 2 is 1.35 bits per heavy atom. The van der Waals surface area contributed by atoms with E-state index in [1.165, 1.54) is 63.0 Å². The second-order valence-electron chi connectivity index (χ2n) is 5.85. The molecule has 2 aliphatic rings. The zero-order valence-corrected chi connectivity index (χ0v) is 10.7. The van der Waals surface area contributed by atoms with Crippen LogP contribution < -0.4 is 0 Å². The summed E-state index contributed by atoms with van der Waals surface area (Å²) in [5.41, 5.74) is 1.20. The summed E-state index contributed by atoms with van der Waals surface area (Å²) in [6, 6.07) is 0. The standard InChI is InChI=1S/C15H24O2/c16-15(17)11-14(9-12-5-1-2-6-12)10-13-7-3-4-8-13/h11-13H,1-10H2,(H,16,17). The molecule has 2 aliphatic carbocycles. The quantitative estimate of drug-likeness (QED) is 0.728. The molecule has 0 atom stereocenters. The van der Waals surface area contributed by atoms with E-state index in [1.54, 1.807) is 0 Å². The van der Waals surface area contributed by atoms with E-state index in [0.29, 0.717) is 0 Å². The summed E-state index contributed by atoms with van der Waals surface area (Å²) in [5, 5.41) is 8.96. The van der Waals surface area contributed by atoms with Crippen LogP contribution in [0.5, 0.6) is 0 Å². The highest BCUT2D eigenvalue weighted by Crippen LogP contribution is 2.35. The first-order chi connectivity index (χ1) is 8.24. The summed E-state index contributed by atoms with van der Waals surface area (Å²) in [4.78, 5) is 10.9. The van der Waals surface area contributed by atoms with E-state index < -0.39 is 5.97 Å². The second kappa shape index (κ2) is 6.23. The molecule has 0 radical (unpaired) electrons. The van der Waals surface area contributed by atoms with Gasteiger partial charge in [-0.25, -0.2) is 4.79 Å². The summed E-state index contributed by atoms with van der Waals surface area (Å²) >= 11 is 0. The maximum atomic E-state index is 10.9. The molecule has 0 bridgehead atoms. The second-order valence-corrected chi connectivity index (χ2v) is 5.85.